The van der Waals surface area contributed by atoms with Crippen LogP contribution in [0.5, 0.6) is 11.5 Å². The van der Waals surface area contributed by atoms with Gasteiger partial charge in [-0.2, -0.15) is 0 Å². The molecule has 0 saturated carbocycles. The minimum atomic E-state index is 0.499. The normalized spacial score (nSPS) is 10.5. The minimum Gasteiger partial charge on any atom is -0.493 e. The summed E-state index contributed by atoms with van der Waals surface area (Å²) in [6, 6.07) is 24.4. The summed E-state index contributed by atoms with van der Waals surface area (Å²) in [5.74, 6) is 1.51. The van der Waals surface area contributed by atoms with Crippen molar-refractivity contribution >= 4 is 15.9 Å². The predicted molar refractivity (Wildman–Crippen MR) is 108 cm³/mol. The molecule has 0 aromatic heterocycles. The fourth-order valence-electron chi connectivity index (χ4n) is 2.72. The van der Waals surface area contributed by atoms with Crippen molar-refractivity contribution in [2.45, 2.75) is 19.7 Å². The number of ether oxygens (including phenoxy) is 2. The molecule has 0 aliphatic heterocycles. The minimum absolute atomic E-state index is 0.499. The van der Waals surface area contributed by atoms with E-state index in [0.29, 0.717) is 13.2 Å². The van der Waals surface area contributed by atoms with Gasteiger partial charge in [0.15, 0.2) is 11.5 Å². The number of methoxy groups -OCH3 is 1. The zero-order valence-corrected chi connectivity index (χ0v) is 16.3. The SMILES string of the molecule is COc1ccc(Br)c(CNCc2ccccc2)c1OCc1ccccc1. The molecule has 0 aliphatic carbocycles. The molecule has 134 valence electrons. The maximum atomic E-state index is 6.13. The summed E-state index contributed by atoms with van der Waals surface area (Å²) in [4.78, 5) is 0. The average Bonchev–Trinajstić information content (AvgIpc) is 2.69. The predicted octanol–water partition coefficient (Wildman–Crippen LogP) is 5.33. The first-order chi connectivity index (χ1) is 12.8. The Balaban J connectivity index is 1.74. The summed E-state index contributed by atoms with van der Waals surface area (Å²) >= 11 is 3.65. The molecule has 3 aromatic carbocycles. The topological polar surface area (TPSA) is 30.5 Å². The van der Waals surface area contributed by atoms with Crippen LogP contribution in [0.2, 0.25) is 0 Å². The summed E-state index contributed by atoms with van der Waals surface area (Å²) in [5.41, 5.74) is 3.42. The summed E-state index contributed by atoms with van der Waals surface area (Å²) < 4.78 is 12.7. The second-order valence-electron chi connectivity index (χ2n) is 5.92. The lowest BCUT2D eigenvalue weighted by atomic mass is 10.1. The molecule has 0 atom stereocenters. The van der Waals surface area contributed by atoms with Gasteiger partial charge in [-0.3, -0.25) is 0 Å². The molecule has 0 unspecified atom stereocenters. The van der Waals surface area contributed by atoms with Gasteiger partial charge >= 0.3 is 0 Å². The fourth-order valence-corrected chi connectivity index (χ4v) is 3.18. The zero-order valence-electron chi connectivity index (χ0n) is 14.7. The molecule has 0 heterocycles. The van der Waals surface area contributed by atoms with E-state index < -0.39 is 0 Å². The van der Waals surface area contributed by atoms with Crippen molar-refractivity contribution in [3.8, 4) is 11.5 Å². The number of benzene rings is 3. The van der Waals surface area contributed by atoms with Gasteiger partial charge in [0, 0.05) is 23.1 Å². The molecule has 4 heteroatoms. The van der Waals surface area contributed by atoms with Crippen LogP contribution in [-0.2, 0) is 19.7 Å². The maximum absolute atomic E-state index is 6.13. The van der Waals surface area contributed by atoms with Gasteiger partial charge in [0.05, 0.1) is 7.11 Å². The first kappa shape index (κ1) is 18.5. The van der Waals surface area contributed by atoms with Crippen LogP contribution in [-0.4, -0.2) is 7.11 Å². The summed E-state index contributed by atoms with van der Waals surface area (Å²) in [6.07, 6.45) is 0. The number of halogens is 1. The highest BCUT2D eigenvalue weighted by Gasteiger charge is 2.14. The molecule has 0 aliphatic rings. The molecule has 3 nitrogen and oxygen atoms in total. The molecule has 0 radical (unpaired) electrons. The van der Waals surface area contributed by atoms with Crippen LogP contribution in [0.25, 0.3) is 0 Å². The van der Waals surface area contributed by atoms with E-state index in [1.165, 1.54) is 5.56 Å². The number of hydrogen-bond acceptors (Lipinski definition) is 3. The lowest BCUT2D eigenvalue weighted by molar-refractivity contribution is 0.280. The quantitative estimate of drug-likeness (QED) is 0.543. The number of hydrogen-bond donors (Lipinski definition) is 1. The van der Waals surface area contributed by atoms with Gasteiger partial charge in [0.1, 0.15) is 6.61 Å². The van der Waals surface area contributed by atoms with E-state index in [-0.39, 0.29) is 0 Å². The van der Waals surface area contributed by atoms with Crippen molar-refractivity contribution in [1.82, 2.24) is 5.32 Å². The Bertz CT molecular complexity index is 822. The van der Waals surface area contributed by atoms with E-state index in [4.69, 9.17) is 9.47 Å². The van der Waals surface area contributed by atoms with Gasteiger partial charge in [-0.15, -0.1) is 0 Å². The molecule has 1 N–H and O–H groups in total. The standard InChI is InChI=1S/C22H22BrNO2/c1-25-21-13-12-20(23)19(15-24-14-17-8-4-2-5-9-17)22(21)26-16-18-10-6-3-7-11-18/h2-13,24H,14-16H2,1H3. The largest absolute Gasteiger partial charge is 0.493 e. The van der Waals surface area contributed by atoms with Crippen LogP contribution in [0, 0.1) is 0 Å². The van der Waals surface area contributed by atoms with Crippen molar-refractivity contribution in [2.24, 2.45) is 0 Å². The molecular formula is C22H22BrNO2. The van der Waals surface area contributed by atoms with Gasteiger partial charge < -0.3 is 14.8 Å². The second-order valence-corrected chi connectivity index (χ2v) is 6.78. The first-order valence-corrected chi connectivity index (χ1v) is 9.34. The highest BCUT2D eigenvalue weighted by Crippen LogP contribution is 2.36. The average molecular weight is 412 g/mol. The molecule has 26 heavy (non-hydrogen) atoms. The van der Waals surface area contributed by atoms with Gasteiger partial charge in [0.25, 0.3) is 0 Å². The Morgan fingerprint density at radius 2 is 1.46 bits per heavy atom. The first-order valence-electron chi connectivity index (χ1n) is 8.54. The Morgan fingerprint density at radius 3 is 2.12 bits per heavy atom. The van der Waals surface area contributed by atoms with Crippen molar-refractivity contribution in [1.29, 1.82) is 0 Å². The number of nitrogens with one attached hydrogen (secondary N) is 1. The van der Waals surface area contributed by atoms with E-state index in [9.17, 15) is 0 Å². The van der Waals surface area contributed by atoms with Gasteiger partial charge in [-0.25, -0.2) is 0 Å². The van der Waals surface area contributed by atoms with E-state index in [0.717, 1.165) is 33.6 Å². The Kier molecular flexibility index (Phi) is 6.69. The lowest BCUT2D eigenvalue weighted by Gasteiger charge is -2.17. The Labute approximate surface area is 163 Å². The monoisotopic (exact) mass is 411 g/mol. The second kappa shape index (κ2) is 9.41. The molecular weight excluding hydrogens is 390 g/mol. The molecule has 0 fully saturated rings. The van der Waals surface area contributed by atoms with Crippen LogP contribution < -0.4 is 14.8 Å². The Morgan fingerprint density at radius 1 is 0.808 bits per heavy atom. The highest BCUT2D eigenvalue weighted by molar-refractivity contribution is 9.10. The molecule has 0 bridgehead atoms. The molecule has 3 aromatic rings. The third-order valence-corrected chi connectivity index (χ3v) is 4.83. The number of rotatable bonds is 8. The molecule has 0 spiro atoms. The maximum Gasteiger partial charge on any atom is 0.167 e. The summed E-state index contributed by atoms with van der Waals surface area (Å²) in [7, 11) is 1.67. The highest BCUT2D eigenvalue weighted by atomic mass is 79.9. The van der Waals surface area contributed by atoms with Crippen molar-refractivity contribution in [3.05, 3.63) is 94.0 Å². The zero-order chi connectivity index (χ0) is 18.2. The summed E-state index contributed by atoms with van der Waals surface area (Å²) in [6.45, 7) is 1.97. The Hall–Kier alpha value is -2.30. The van der Waals surface area contributed by atoms with E-state index in [1.807, 2.05) is 48.5 Å². The van der Waals surface area contributed by atoms with Crippen LogP contribution in [0.1, 0.15) is 16.7 Å². The third-order valence-electron chi connectivity index (χ3n) is 4.09. The third kappa shape index (κ3) is 4.87. The lowest BCUT2D eigenvalue weighted by Crippen LogP contribution is -2.14. The van der Waals surface area contributed by atoms with Gasteiger partial charge in [0.2, 0.25) is 0 Å². The van der Waals surface area contributed by atoms with Crippen LogP contribution in [0.15, 0.2) is 77.3 Å². The van der Waals surface area contributed by atoms with Crippen molar-refractivity contribution < 1.29 is 9.47 Å². The van der Waals surface area contributed by atoms with E-state index in [1.54, 1.807) is 7.11 Å². The molecule has 0 saturated heterocycles. The summed E-state index contributed by atoms with van der Waals surface area (Å²) in [5, 5.41) is 3.48. The van der Waals surface area contributed by atoms with Gasteiger partial charge in [-0.05, 0) is 23.3 Å². The fraction of sp³-hybridized carbons (Fsp3) is 0.182. The van der Waals surface area contributed by atoms with Crippen LogP contribution in [0.3, 0.4) is 0 Å². The van der Waals surface area contributed by atoms with Crippen LogP contribution >= 0.6 is 15.9 Å². The van der Waals surface area contributed by atoms with Crippen molar-refractivity contribution in [3.63, 3.8) is 0 Å². The molecule has 0 amide bonds. The van der Waals surface area contributed by atoms with Crippen LogP contribution in [0.4, 0.5) is 0 Å². The molecule has 3 rings (SSSR count). The van der Waals surface area contributed by atoms with E-state index in [2.05, 4.69) is 45.5 Å². The van der Waals surface area contributed by atoms with Crippen molar-refractivity contribution in [2.75, 3.05) is 7.11 Å². The van der Waals surface area contributed by atoms with Gasteiger partial charge in [-0.1, -0.05) is 76.6 Å². The smallest absolute Gasteiger partial charge is 0.167 e. The van der Waals surface area contributed by atoms with E-state index >= 15 is 0 Å².